The minimum Gasteiger partial charge on any atom is -0.490 e. The van der Waals surface area contributed by atoms with Crippen molar-refractivity contribution >= 4 is 5.97 Å². The molecule has 7 heteroatoms. The van der Waals surface area contributed by atoms with Gasteiger partial charge in [0.05, 0.1) is 0 Å². The normalized spacial score (nSPS) is 29.3. The number of halogens is 3. The van der Waals surface area contributed by atoms with Crippen LogP contribution in [0.15, 0.2) is 24.3 Å². The monoisotopic (exact) mass is 343 g/mol. The predicted molar refractivity (Wildman–Crippen MR) is 80.5 cm³/mol. The molecule has 0 aliphatic carbocycles. The van der Waals surface area contributed by atoms with E-state index in [0.717, 1.165) is 6.42 Å². The van der Waals surface area contributed by atoms with E-state index in [2.05, 4.69) is 12.2 Å². The van der Waals surface area contributed by atoms with Gasteiger partial charge in [0.2, 0.25) is 0 Å². The van der Waals surface area contributed by atoms with E-state index in [4.69, 9.17) is 9.47 Å². The Balaban J connectivity index is 1.67. The Morgan fingerprint density at radius 3 is 2.67 bits per heavy atom. The third kappa shape index (κ3) is 3.66. The average Bonchev–Trinajstić information content (AvgIpc) is 2.82. The quantitative estimate of drug-likeness (QED) is 0.852. The van der Waals surface area contributed by atoms with E-state index in [1.165, 1.54) is 5.56 Å². The Kier molecular flexibility index (Phi) is 4.46. The number of hydrogen-bond donors (Lipinski definition) is 1. The molecule has 2 aliphatic rings. The molecule has 2 saturated heterocycles. The van der Waals surface area contributed by atoms with E-state index in [1.54, 1.807) is 0 Å². The minimum absolute atomic E-state index is 0.000279. The Morgan fingerprint density at radius 2 is 2.04 bits per heavy atom. The number of carbonyl (C=O) groups excluding carboxylic acids is 1. The van der Waals surface area contributed by atoms with Crippen LogP contribution in [0.2, 0.25) is 0 Å². The molecular weight excluding hydrogens is 323 g/mol. The number of alkyl halides is 3. The molecule has 0 saturated carbocycles. The first kappa shape index (κ1) is 17.1. The van der Waals surface area contributed by atoms with Gasteiger partial charge in [-0.15, -0.1) is 0 Å². The summed E-state index contributed by atoms with van der Waals surface area (Å²) in [5.74, 6) is -1.47. The summed E-state index contributed by atoms with van der Waals surface area (Å²) in [6.45, 7) is 2.05. The number of aryl methyl sites for hydroxylation is 1. The fourth-order valence-corrected chi connectivity index (χ4v) is 3.47. The van der Waals surface area contributed by atoms with E-state index in [-0.39, 0.29) is 18.6 Å². The SMILES string of the molecule is CCc1ccc(OC2CC3CCC(OC(=O)C(F)(F)F)(C2)N3)cc1. The van der Waals surface area contributed by atoms with Crippen molar-refractivity contribution in [3.05, 3.63) is 29.8 Å². The number of rotatable bonds is 4. The van der Waals surface area contributed by atoms with Gasteiger partial charge in [-0.3, -0.25) is 5.32 Å². The van der Waals surface area contributed by atoms with Crippen molar-refractivity contribution in [1.82, 2.24) is 5.32 Å². The minimum atomic E-state index is -4.99. The molecule has 0 amide bonds. The molecule has 3 rings (SSSR count). The van der Waals surface area contributed by atoms with Gasteiger partial charge in [0.1, 0.15) is 11.9 Å². The molecule has 0 spiro atoms. The molecule has 2 bridgehead atoms. The number of piperidine rings is 1. The lowest BCUT2D eigenvalue weighted by Crippen LogP contribution is -2.56. The van der Waals surface area contributed by atoms with E-state index >= 15 is 0 Å². The maximum absolute atomic E-state index is 12.5. The van der Waals surface area contributed by atoms with E-state index in [1.807, 2.05) is 24.3 Å². The lowest BCUT2D eigenvalue weighted by Gasteiger charge is -2.38. The number of esters is 1. The number of ether oxygens (including phenoxy) is 2. The molecule has 1 N–H and O–H groups in total. The molecule has 3 unspecified atom stereocenters. The third-order valence-electron chi connectivity index (χ3n) is 4.62. The molecule has 132 valence electrons. The lowest BCUT2D eigenvalue weighted by molar-refractivity contribution is -0.219. The highest BCUT2D eigenvalue weighted by atomic mass is 19.4. The van der Waals surface area contributed by atoms with Crippen LogP contribution in [0.3, 0.4) is 0 Å². The van der Waals surface area contributed by atoms with Crippen molar-refractivity contribution in [1.29, 1.82) is 0 Å². The van der Waals surface area contributed by atoms with Crippen LogP contribution in [0.1, 0.15) is 38.2 Å². The van der Waals surface area contributed by atoms with Gasteiger partial charge in [-0.25, -0.2) is 4.79 Å². The van der Waals surface area contributed by atoms with Crippen LogP contribution >= 0.6 is 0 Å². The van der Waals surface area contributed by atoms with Crippen molar-refractivity contribution in [2.24, 2.45) is 0 Å². The Hall–Kier alpha value is -1.76. The molecule has 2 fully saturated rings. The summed E-state index contributed by atoms with van der Waals surface area (Å²) >= 11 is 0. The molecule has 2 heterocycles. The second-order valence-corrected chi connectivity index (χ2v) is 6.44. The van der Waals surface area contributed by atoms with Gasteiger partial charge >= 0.3 is 12.1 Å². The third-order valence-corrected chi connectivity index (χ3v) is 4.62. The Bertz CT molecular complexity index is 602. The summed E-state index contributed by atoms with van der Waals surface area (Å²) < 4.78 is 48.2. The fourth-order valence-electron chi connectivity index (χ4n) is 3.47. The first-order valence-electron chi connectivity index (χ1n) is 8.13. The molecule has 2 aliphatic heterocycles. The second-order valence-electron chi connectivity index (χ2n) is 6.44. The highest BCUT2D eigenvalue weighted by molar-refractivity contribution is 5.76. The van der Waals surface area contributed by atoms with Gasteiger partial charge in [-0.2, -0.15) is 13.2 Å². The van der Waals surface area contributed by atoms with E-state index < -0.39 is 17.9 Å². The summed E-state index contributed by atoms with van der Waals surface area (Å²) in [5.41, 5.74) is -0.0906. The van der Waals surface area contributed by atoms with Crippen LogP contribution in [-0.4, -0.2) is 30.0 Å². The zero-order valence-corrected chi connectivity index (χ0v) is 13.4. The zero-order chi connectivity index (χ0) is 17.4. The molecule has 0 radical (unpaired) electrons. The summed E-state index contributed by atoms with van der Waals surface area (Å²) in [6.07, 6.45) is -2.42. The highest BCUT2D eigenvalue weighted by Crippen LogP contribution is 2.39. The number of fused-ring (bicyclic) bond motifs is 2. The fraction of sp³-hybridized carbons (Fsp3) is 0.588. The molecule has 1 aromatic carbocycles. The maximum Gasteiger partial charge on any atom is 0.490 e. The number of hydrogen-bond acceptors (Lipinski definition) is 4. The molecule has 4 nitrogen and oxygen atoms in total. The van der Waals surface area contributed by atoms with E-state index in [9.17, 15) is 18.0 Å². The molecule has 3 atom stereocenters. The van der Waals surface area contributed by atoms with Crippen LogP contribution < -0.4 is 10.1 Å². The summed E-state index contributed by atoms with van der Waals surface area (Å²) in [6, 6.07) is 7.64. The number of carbonyl (C=O) groups is 1. The van der Waals surface area contributed by atoms with Gasteiger partial charge in [0, 0.05) is 18.9 Å². The maximum atomic E-state index is 12.5. The molecule has 0 aromatic heterocycles. The largest absolute Gasteiger partial charge is 0.490 e. The molecule has 1 aromatic rings. The van der Waals surface area contributed by atoms with Crippen molar-refractivity contribution in [2.75, 3.05) is 0 Å². The van der Waals surface area contributed by atoms with Crippen LogP contribution in [0.4, 0.5) is 13.2 Å². The van der Waals surface area contributed by atoms with Crippen LogP contribution in [0.5, 0.6) is 5.75 Å². The van der Waals surface area contributed by atoms with Crippen LogP contribution in [0.25, 0.3) is 0 Å². The first-order valence-corrected chi connectivity index (χ1v) is 8.13. The smallest absolute Gasteiger partial charge is 0.490 e. The number of nitrogens with one attached hydrogen (secondary N) is 1. The summed E-state index contributed by atoms with van der Waals surface area (Å²) in [4.78, 5) is 11.2. The number of benzene rings is 1. The lowest BCUT2D eigenvalue weighted by atomic mass is 9.99. The Morgan fingerprint density at radius 1 is 1.33 bits per heavy atom. The predicted octanol–water partition coefficient (Wildman–Crippen LogP) is 3.34. The van der Waals surface area contributed by atoms with Crippen LogP contribution in [0, 0.1) is 0 Å². The Labute approximate surface area is 138 Å². The van der Waals surface area contributed by atoms with Gasteiger partial charge in [-0.1, -0.05) is 19.1 Å². The molecular formula is C17H20F3NO3. The van der Waals surface area contributed by atoms with Crippen molar-refractivity contribution < 1.29 is 27.4 Å². The van der Waals surface area contributed by atoms with E-state index in [0.29, 0.717) is 25.0 Å². The topological polar surface area (TPSA) is 47.6 Å². The highest BCUT2D eigenvalue weighted by Gasteiger charge is 2.53. The van der Waals surface area contributed by atoms with Crippen molar-refractivity contribution in [3.63, 3.8) is 0 Å². The van der Waals surface area contributed by atoms with Gasteiger partial charge in [0.25, 0.3) is 0 Å². The summed E-state index contributed by atoms with van der Waals surface area (Å²) in [5, 5.41) is 3.02. The average molecular weight is 343 g/mol. The molecule has 24 heavy (non-hydrogen) atoms. The van der Waals surface area contributed by atoms with Crippen molar-refractivity contribution in [2.45, 2.75) is 63.1 Å². The van der Waals surface area contributed by atoms with Crippen molar-refractivity contribution in [3.8, 4) is 5.75 Å². The zero-order valence-electron chi connectivity index (χ0n) is 13.4. The van der Waals surface area contributed by atoms with Gasteiger partial charge < -0.3 is 9.47 Å². The first-order chi connectivity index (χ1) is 11.3. The van der Waals surface area contributed by atoms with Gasteiger partial charge in [0.15, 0.2) is 5.72 Å². The van der Waals surface area contributed by atoms with Gasteiger partial charge in [-0.05, 0) is 37.0 Å². The van der Waals surface area contributed by atoms with Crippen LogP contribution in [-0.2, 0) is 16.0 Å². The summed E-state index contributed by atoms with van der Waals surface area (Å²) in [7, 11) is 0. The second kappa shape index (κ2) is 6.27. The standard InChI is InChI=1S/C17H20F3NO3/c1-2-11-3-5-13(6-4-11)23-14-9-12-7-8-16(10-14,21-12)24-15(22)17(18,19)20/h3-6,12,14,21H,2,7-10H2,1H3.